The molecule has 0 saturated heterocycles. The Labute approximate surface area is 81.7 Å². The number of carbonyl (C=O) groups is 1. The number of hydrogen-bond acceptors (Lipinski definition) is 2. The maximum absolute atomic E-state index is 11.0. The van der Waals surface area contributed by atoms with Crippen LogP contribution in [-0.2, 0) is 6.42 Å². The normalized spacial score (nSPS) is 10.0. The van der Waals surface area contributed by atoms with E-state index < -0.39 is 5.91 Å². The lowest BCUT2D eigenvalue weighted by molar-refractivity contribution is 0.100. The molecule has 4 N–H and O–H groups in total. The highest BCUT2D eigenvalue weighted by molar-refractivity contribution is 6.35. The van der Waals surface area contributed by atoms with Gasteiger partial charge in [0.2, 0.25) is 0 Å². The zero-order chi connectivity index (χ0) is 10.0. The van der Waals surface area contributed by atoms with Crippen molar-refractivity contribution in [1.29, 1.82) is 0 Å². The minimum absolute atomic E-state index is 0.223. The van der Waals surface area contributed by atoms with Gasteiger partial charge in [0.15, 0.2) is 0 Å². The Morgan fingerprint density at radius 1 is 1.54 bits per heavy atom. The molecule has 0 bridgehead atoms. The lowest BCUT2D eigenvalue weighted by atomic mass is 10.1. The zero-order valence-electron chi connectivity index (χ0n) is 7.30. The van der Waals surface area contributed by atoms with Gasteiger partial charge in [0, 0.05) is 5.69 Å². The molecule has 70 valence electrons. The van der Waals surface area contributed by atoms with Gasteiger partial charge in [-0.1, -0.05) is 24.6 Å². The molecule has 0 aliphatic heterocycles. The average Bonchev–Trinajstić information content (AvgIpc) is 2.04. The predicted molar refractivity (Wildman–Crippen MR) is 53.8 cm³/mol. The topological polar surface area (TPSA) is 69.1 Å². The summed E-state index contributed by atoms with van der Waals surface area (Å²) in [6.07, 6.45) is 0.749. The van der Waals surface area contributed by atoms with E-state index in [1.807, 2.05) is 6.92 Å². The highest BCUT2D eigenvalue weighted by Gasteiger charge is 2.13. The van der Waals surface area contributed by atoms with E-state index in [1.54, 1.807) is 12.1 Å². The Kier molecular flexibility index (Phi) is 2.78. The maximum Gasteiger partial charge on any atom is 0.252 e. The SMILES string of the molecule is CCc1ccc(N)c(C(N)=O)c1Cl. The van der Waals surface area contributed by atoms with Crippen LogP contribution in [0.15, 0.2) is 12.1 Å². The molecule has 1 aromatic rings. The molecule has 0 saturated carbocycles. The molecule has 0 spiro atoms. The number of halogens is 1. The molecule has 0 aliphatic carbocycles. The third-order valence-electron chi connectivity index (χ3n) is 1.88. The molecule has 0 radical (unpaired) electrons. The molecule has 0 atom stereocenters. The largest absolute Gasteiger partial charge is 0.398 e. The van der Waals surface area contributed by atoms with Gasteiger partial charge >= 0.3 is 0 Å². The van der Waals surface area contributed by atoms with Crippen LogP contribution in [0.2, 0.25) is 5.02 Å². The number of nitrogens with two attached hydrogens (primary N) is 2. The van der Waals surface area contributed by atoms with Gasteiger partial charge in [-0.25, -0.2) is 0 Å². The van der Waals surface area contributed by atoms with E-state index in [-0.39, 0.29) is 5.56 Å². The van der Waals surface area contributed by atoms with Crippen LogP contribution in [0.5, 0.6) is 0 Å². The first kappa shape index (κ1) is 9.86. The summed E-state index contributed by atoms with van der Waals surface area (Å²) in [6.45, 7) is 1.95. The van der Waals surface area contributed by atoms with Crippen LogP contribution in [0.1, 0.15) is 22.8 Å². The minimum Gasteiger partial charge on any atom is -0.398 e. The molecule has 0 fully saturated rings. The highest BCUT2D eigenvalue weighted by atomic mass is 35.5. The van der Waals surface area contributed by atoms with Crippen molar-refractivity contribution in [3.05, 3.63) is 28.3 Å². The van der Waals surface area contributed by atoms with Gasteiger partial charge in [-0.15, -0.1) is 0 Å². The van der Waals surface area contributed by atoms with Crippen molar-refractivity contribution in [3.63, 3.8) is 0 Å². The van der Waals surface area contributed by atoms with Crippen molar-refractivity contribution in [2.75, 3.05) is 5.73 Å². The molecular weight excluding hydrogens is 188 g/mol. The first-order valence-electron chi connectivity index (χ1n) is 3.94. The van der Waals surface area contributed by atoms with Gasteiger partial charge in [0.05, 0.1) is 10.6 Å². The summed E-state index contributed by atoms with van der Waals surface area (Å²) in [4.78, 5) is 11.0. The van der Waals surface area contributed by atoms with Crippen LogP contribution >= 0.6 is 11.6 Å². The summed E-state index contributed by atoms with van der Waals surface area (Å²) in [6, 6.07) is 3.44. The van der Waals surface area contributed by atoms with Crippen LogP contribution in [0, 0.1) is 0 Å². The Balaban J connectivity index is 3.38. The summed E-state index contributed by atoms with van der Waals surface area (Å²) in [5.74, 6) is -0.585. The summed E-state index contributed by atoms with van der Waals surface area (Å²) < 4.78 is 0. The van der Waals surface area contributed by atoms with Crippen LogP contribution < -0.4 is 11.5 Å². The number of aryl methyl sites for hydroxylation is 1. The van der Waals surface area contributed by atoms with Crippen molar-refractivity contribution >= 4 is 23.2 Å². The Morgan fingerprint density at radius 2 is 2.15 bits per heavy atom. The molecule has 0 unspecified atom stereocenters. The smallest absolute Gasteiger partial charge is 0.252 e. The Morgan fingerprint density at radius 3 is 2.62 bits per heavy atom. The van der Waals surface area contributed by atoms with Crippen molar-refractivity contribution in [3.8, 4) is 0 Å². The van der Waals surface area contributed by atoms with Crippen molar-refractivity contribution in [2.24, 2.45) is 5.73 Å². The number of hydrogen-bond donors (Lipinski definition) is 2. The fraction of sp³-hybridized carbons (Fsp3) is 0.222. The molecule has 1 aromatic carbocycles. The van der Waals surface area contributed by atoms with E-state index in [0.717, 1.165) is 12.0 Å². The lowest BCUT2D eigenvalue weighted by Gasteiger charge is -2.07. The summed E-state index contributed by atoms with van der Waals surface area (Å²) in [5, 5.41) is 0.370. The summed E-state index contributed by atoms with van der Waals surface area (Å²) in [5.41, 5.74) is 12.1. The van der Waals surface area contributed by atoms with Gasteiger partial charge in [0.25, 0.3) is 5.91 Å². The van der Waals surface area contributed by atoms with E-state index in [1.165, 1.54) is 0 Å². The molecular formula is C9H11ClN2O. The minimum atomic E-state index is -0.585. The van der Waals surface area contributed by atoms with Crippen LogP contribution in [0.3, 0.4) is 0 Å². The van der Waals surface area contributed by atoms with Crippen LogP contribution in [0.25, 0.3) is 0 Å². The molecule has 4 heteroatoms. The van der Waals surface area contributed by atoms with Crippen molar-refractivity contribution < 1.29 is 4.79 Å². The average molecular weight is 199 g/mol. The second-order valence-corrected chi connectivity index (χ2v) is 3.10. The fourth-order valence-corrected chi connectivity index (χ4v) is 1.56. The first-order chi connectivity index (χ1) is 6.07. The van der Waals surface area contributed by atoms with E-state index in [0.29, 0.717) is 10.7 Å². The third-order valence-corrected chi connectivity index (χ3v) is 2.31. The second kappa shape index (κ2) is 3.66. The van der Waals surface area contributed by atoms with Crippen LogP contribution in [0.4, 0.5) is 5.69 Å². The lowest BCUT2D eigenvalue weighted by Crippen LogP contribution is -2.14. The van der Waals surface area contributed by atoms with E-state index in [4.69, 9.17) is 23.1 Å². The first-order valence-corrected chi connectivity index (χ1v) is 4.32. The Hall–Kier alpha value is -1.22. The van der Waals surface area contributed by atoms with E-state index in [9.17, 15) is 4.79 Å². The third kappa shape index (κ3) is 1.75. The predicted octanol–water partition coefficient (Wildman–Crippen LogP) is 1.58. The highest BCUT2D eigenvalue weighted by Crippen LogP contribution is 2.26. The number of rotatable bonds is 2. The summed E-state index contributed by atoms with van der Waals surface area (Å²) in [7, 11) is 0. The maximum atomic E-state index is 11.0. The number of carbonyl (C=O) groups excluding carboxylic acids is 1. The molecule has 0 heterocycles. The van der Waals surface area contributed by atoms with E-state index >= 15 is 0 Å². The van der Waals surface area contributed by atoms with Gasteiger partial charge in [-0.2, -0.15) is 0 Å². The number of benzene rings is 1. The van der Waals surface area contributed by atoms with Crippen LogP contribution in [-0.4, -0.2) is 5.91 Å². The number of primary amides is 1. The molecule has 13 heavy (non-hydrogen) atoms. The molecule has 0 aliphatic rings. The number of anilines is 1. The molecule has 0 aromatic heterocycles. The van der Waals surface area contributed by atoms with Gasteiger partial charge in [-0.3, -0.25) is 4.79 Å². The van der Waals surface area contributed by atoms with Gasteiger partial charge in [0.1, 0.15) is 0 Å². The quantitative estimate of drug-likeness (QED) is 0.709. The second-order valence-electron chi connectivity index (χ2n) is 2.72. The Bertz CT molecular complexity index is 350. The van der Waals surface area contributed by atoms with Gasteiger partial charge < -0.3 is 11.5 Å². The standard InChI is InChI=1S/C9H11ClN2O/c1-2-5-3-4-6(11)7(8(5)10)9(12)13/h3-4H,2,11H2,1H3,(H2,12,13). The van der Waals surface area contributed by atoms with Crippen molar-refractivity contribution in [2.45, 2.75) is 13.3 Å². The van der Waals surface area contributed by atoms with Gasteiger partial charge in [-0.05, 0) is 18.1 Å². The fourth-order valence-electron chi connectivity index (χ4n) is 1.16. The molecule has 1 amide bonds. The monoisotopic (exact) mass is 198 g/mol. The molecule has 1 rings (SSSR count). The number of nitrogen functional groups attached to an aromatic ring is 1. The zero-order valence-corrected chi connectivity index (χ0v) is 8.06. The number of amides is 1. The molecule has 3 nitrogen and oxygen atoms in total. The summed E-state index contributed by atoms with van der Waals surface area (Å²) >= 11 is 5.93. The van der Waals surface area contributed by atoms with Crippen molar-refractivity contribution in [1.82, 2.24) is 0 Å². The van der Waals surface area contributed by atoms with E-state index in [2.05, 4.69) is 0 Å².